The number of hydrogen-bond donors (Lipinski definition) is 2. The fraction of sp³-hybridized carbons (Fsp3) is 0.357. The summed E-state index contributed by atoms with van der Waals surface area (Å²) in [5, 5.41) is 4.88. The summed E-state index contributed by atoms with van der Waals surface area (Å²) >= 11 is 0. The second-order valence-electron chi connectivity index (χ2n) is 4.67. The van der Waals surface area contributed by atoms with Crippen molar-refractivity contribution in [3.63, 3.8) is 0 Å². The molecular formula is C14H16N2O3. The van der Waals surface area contributed by atoms with Crippen molar-refractivity contribution in [1.82, 2.24) is 10.6 Å². The molecule has 0 aliphatic carbocycles. The molecule has 1 fully saturated rings. The molecule has 1 atom stereocenters. The number of benzene rings is 1. The Morgan fingerprint density at radius 3 is 2.79 bits per heavy atom. The van der Waals surface area contributed by atoms with Crippen LogP contribution in [0.3, 0.4) is 0 Å². The lowest BCUT2D eigenvalue weighted by Gasteiger charge is -2.21. The first-order valence-electron chi connectivity index (χ1n) is 6.24. The molecule has 1 heterocycles. The van der Waals surface area contributed by atoms with Crippen LogP contribution in [0, 0.1) is 6.92 Å². The van der Waals surface area contributed by atoms with Gasteiger partial charge in [0.15, 0.2) is 0 Å². The quantitative estimate of drug-likeness (QED) is 0.775. The van der Waals surface area contributed by atoms with Crippen molar-refractivity contribution >= 4 is 17.7 Å². The van der Waals surface area contributed by atoms with Crippen molar-refractivity contribution < 1.29 is 14.4 Å². The van der Waals surface area contributed by atoms with Gasteiger partial charge >= 0.3 is 0 Å². The minimum atomic E-state index is -0.603. The molecule has 0 spiro atoms. The molecule has 0 radical (unpaired) electrons. The summed E-state index contributed by atoms with van der Waals surface area (Å²) in [4.78, 5) is 34.4. The minimum absolute atomic E-state index is 0.205. The maximum atomic E-state index is 11.9. The van der Waals surface area contributed by atoms with E-state index in [2.05, 4.69) is 10.6 Å². The lowest BCUT2D eigenvalue weighted by atomic mass is 10.0. The summed E-state index contributed by atoms with van der Waals surface area (Å²) in [5.74, 6) is -0.910. The number of carbonyl (C=O) groups is 3. The number of amides is 3. The molecule has 1 aromatic rings. The third-order valence-electron chi connectivity index (χ3n) is 3.19. The van der Waals surface area contributed by atoms with Gasteiger partial charge in [-0.05, 0) is 24.5 Å². The first-order chi connectivity index (χ1) is 9.06. The fourth-order valence-electron chi connectivity index (χ4n) is 2.06. The Morgan fingerprint density at radius 2 is 2.11 bits per heavy atom. The van der Waals surface area contributed by atoms with Crippen LogP contribution in [0.4, 0.5) is 0 Å². The van der Waals surface area contributed by atoms with Gasteiger partial charge in [-0.3, -0.25) is 19.7 Å². The zero-order valence-corrected chi connectivity index (χ0v) is 10.7. The largest absolute Gasteiger partial charge is 0.344 e. The van der Waals surface area contributed by atoms with Gasteiger partial charge < -0.3 is 5.32 Å². The molecular weight excluding hydrogens is 244 g/mol. The van der Waals surface area contributed by atoms with Crippen molar-refractivity contribution in [2.75, 3.05) is 0 Å². The molecule has 1 unspecified atom stereocenters. The number of hydrogen-bond acceptors (Lipinski definition) is 3. The fourth-order valence-corrected chi connectivity index (χ4v) is 2.06. The second kappa shape index (κ2) is 5.65. The molecule has 0 saturated carbocycles. The highest BCUT2D eigenvalue weighted by Gasteiger charge is 2.27. The molecule has 0 bridgehead atoms. The first kappa shape index (κ1) is 13.3. The average molecular weight is 260 g/mol. The minimum Gasteiger partial charge on any atom is -0.344 e. The van der Waals surface area contributed by atoms with Crippen molar-refractivity contribution in [3.05, 3.63) is 35.4 Å². The van der Waals surface area contributed by atoms with Crippen LogP contribution in [0.1, 0.15) is 24.0 Å². The normalized spacial score (nSPS) is 18.9. The molecule has 19 heavy (non-hydrogen) atoms. The van der Waals surface area contributed by atoms with Crippen LogP contribution < -0.4 is 10.6 Å². The summed E-state index contributed by atoms with van der Waals surface area (Å²) < 4.78 is 0. The summed E-state index contributed by atoms with van der Waals surface area (Å²) in [7, 11) is 0. The molecule has 1 aliphatic rings. The van der Waals surface area contributed by atoms with E-state index in [0.717, 1.165) is 11.1 Å². The Balaban J connectivity index is 1.93. The van der Waals surface area contributed by atoms with E-state index in [1.807, 2.05) is 31.2 Å². The molecule has 3 amide bonds. The van der Waals surface area contributed by atoms with Crippen LogP contribution in [0.2, 0.25) is 0 Å². The van der Waals surface area contributed by atoms with Gasteiger partial charge in [0.2, 0.25) is 17.7 Å². The molecule has 1 aliphatic heterocycles. The van der Waals surface area contributed by atoms with Crippen LogP contribution >= 0.6 is 0 Å². The van der Waals surface area contributed by atoms with Crippen molar-refractivity contribution in [2.24, 2.45) is 0 Å². The summed E-state index contributed by atoms with van der Waals surface area (Å²) in [6.07, 6.45) is 0.871. The second-order valence-corrected chi connectivity index (χ2v) is 4.67. The lowest BCUT2D eigenvalue weighted by Crippen LogP contribution is -2.52. The monoisotopic (exact) mass is 260 g/mol. The molecule has 2 N–H and O–H groups in total. The molecule has 2 rings (SSSR count). The van der Waals surface area contributed by atoms with Gasteiger partial charge in [-0.1, -0.05) is 24.3 Å². The van der Waals surface area contributed by atoms with Gasteiger partial charge in [0, 0.05) is 6.42 Å². The SMILES string of the molecule is Cc1ccccc1CC(=O)NC1CCC(=O)NC1=O. The highest BCUT2D eigenvalue weighted by atomic mass is 16.2. The predicted molar refractivity (Wildman–Crippen MR) is 69.2 cm³/mol. The summed E-state index contributed by atoms with van der Waals surface area (Å²) in [5.41, 5.74) is 1.98. The van der Waals surface area contributed by atoms with Gasteiger partial charge in [-0.15, -0.1) is 0 Å². The van der Waals surface area contributed by atoms with Crippen molar-refractivity contribution in [2.45, 2.75) is 32.2 Å². The van der Waals surface area contributed by atoms with E-state index in [1.54, 1.807) is 0 Å². The van der Waals surface area contributed by atoms with Crippen molar-refractivity contribution in [1.29, 1.82) is 0 Å². The summed E-state index contributed by atoms with van der Waals surface area (Å²) in [6.45, 7) is 1.94. The lowest BCUT2D eigenvalue weighted by molar-refractivity contribution is -0.137. The Morgan fingerprint density at radius 1 is 1.37 bits per heavy atom. The van der Waals surface area contributed by atoms with E-state index in [1.165, 1.54) is 0 Å². The number of imide groups is 1. The highest BCUT2D eigenvalue weighted by Crippen LogP contribution is 2.09. The molecule has 1 aromatic carbocycles. The first-order valence-corrected chi connectivity index (χ1v) is 6.24. The Kier molecular flexibility index (Phi) is 3.94. The van der Waals surface area contributed by atoms with Crippen LogP contribution in [0.25, 0.3) is 0 Å². The zero-order chi connectivity index (χ0) is 13.8. The van der Waals surface area contributed by atoms with Gasteiger partial charge in [0.25, 0.3) is 0 Å². The highest BCUT2D eigenvalue weighted by molar-refractivity contribution is 6.01. The number of piperidine rings is 1. The van der Waals surface area contributed by atoms with Crippen LogP contribution in [-0.4, -0.2) is 23.8 Å². The number of rotatable bonds is 3. The standard InChI is InChI=1S/C14H16N2O3/c1-9-4-2-3-5-10(9)8-13(18)15-11-6-7-12(17)16-14(11)19/h2-5,11H,6-8H2,1H3,(H,15,18)(H,16,17,19). The predicted octanol–water partition coefficient (Wildman–Crippen LogP) is 0.459. The van der Waals surface area contributed by atoms with Gasteiger partial charge in [-0.2, -0.15) is 0 Å². The van der Waals surface area contributed by atoms with Crippen molar-refractivity contribution in [3.8, 4) is 0 Å². The number of nitrogens with one attached hydrogen (secondary N) is 2. The smallest absolute Gasteiger partial charge is 0.249 e. The van der Waals surface area contributed by atoms with Crippen LogP contribution in [0.5, 0.6) is 0 Å². The topological polar surface area (TPSA) is 75.3 Å². The van der Waals surface area contributed by atoms with E-state index in [-0.39, 0.29) is 24.7 Å². The average Bonchev–Trinajstić information content (AvgIpc) is 2.36. The van der Waals surface area contributed by atoms with E-state index >= 15 is 0 Å². The zero-order valence-electron chi connectivity index (χ0n) is 10.7. The molecule has 100 valence electrons. The van der Waals surface area contributed by atoms with Gasteiger partial charge in [-0.25, -0.2) is 0 Å². The third-order valence-corrected chi connectivity index (χ3v) is 3.19. The number of carbonyl (C=O) groups excluding carboxylic acids is 3. The summed E-state index contributed by atoms with van der Waals surface area (Å²) in [6, 6.07) is 7.01. The maximum absolute atomic E-state index is 11.9. The van der Waals surface area contributed by atoms with E-state index in [4.69, 9.17) is 0 Å². The van der Waals surface area contributed by atoms with E-state index < -0.39 is 11.9 Å². The maximum Gasteiger partial charge on any atom is 0.249 e. The van der Waals surface area contributed by atoms with Gasteiger partial charge in [0.05, 0.1) is 6.42 Å². The number of aryl methyl sites for hydroxylation is 1. The Bertz CT molecular complexity index is 525. The van der Waals surface area contributed by atoms with Gasteiger partial charge in [0.1, 0.15) is 6.04 Å². The Hall–Kier alpha value is -2.17. The molecule has 1 saturated heterocycles. The Labute approximate surface area is 111 Å². The molecule has 5 heteroatoms. The van der Waals surface area contributed by atoms with E-state index in [9.17, 15) is 14.4 Å². The molecule has 0 aromatic heterocycles. The van der Waals surface area contributed by atoms with Crippen LogP contribution in [0.15, 0.2) is 24.3 Å². The molecule has 5 nitrogen and oxygen atoms in total. The van der Waals surface area contributed by atoms with Crippen LogP contribution in [-0.2, 0) is 20.8 Å². The van der Waals surface area contributed by atoms with E-state index in [0.29, 0.717) is 6.42 Å². The third kappa shape index (κ3) is 3.40.